The van der Waals surface area contributed by atoms with E-state index in [4.69, 9.17) is 20.9 Å². The highest BCUT2D eigenvalue weighted by molar-refractivity contribution is 7.85. The average Bonchev–Trinajstić information content (AvgIpc) is 2.55. The Hall–Kier alpha value is -2.43. The summed E-state index contributed by atoms with van der Waals surface area (Å²) in [5, 5.41) is 3.49. The molecular formula is C15H17ClN2O7S. The van der Waals surface area contributed by atoms with Crippen LogP contribution in [0.3, 0.4) is 0 Å². The number of benzene rings is 1. The Bertz CT molecular complexity index is 879. The van der Waals surface area contributed by atoms with E-state index in [2.05, 4.69) is 15.0 Å². The van der Waals surface area contributed by atoms with Gasteiger partial charge in [0.2, 0.25) is 0 Å². The molecule has 2 rings (SSSR count). The Kier molecular flexibility index (Phi) is 8.23. The summed E-state index contributed by atoms with van der Waals surface area (Å²) in [6.45, 7) is 1.68. The molecule has 1 heterocycles. The summed E-state index contributed by atoms with van der Waals surface area (Å²) in [6.07, 6.45) is 1.52. The van der Waals surface area contributed by atoms with Crippen molar-refractivity contribution < 1.29 is 32.0 Å². The maximum absolute atomic E-state index is 11.6. The fourth-order valence-electron chi connectivity index (χ4n) is 1.69. The third-order valence-corrected chi connectivity index (χ3v) is 2.89. The van der Waals surface area contributed by atoms with Crippen molar-refractivity contribution in [3.8, 4) is 5.75 Å². The fraction of sp³-hybridized carbons (Fsp3) is 0.267. The lowest BCUT2D eigenvalue weighted by Gasteiger charge is -2.09. The van der Waals surface area contributed by atoms with E-state index < -0.39 is 22.2 Å². The van der Waals surface area contributed by atoms with Gasteiger partial charge in [-0.2, -0.15) is 8.42 Å². The molecule has 2 aromatic rings. The molecule has 0 radical (unpaired) electrons. The molecule has 0 saturated carbocycles. The lowest BCUT2D eigenvalue weighted by atomic mass is 10.2. The Morgan fingerprint density at radius 3 is 2.58 bits per heavy atom. The van der Waals surface area contributed by atoms with Gasteiger partial charge in [-0.1, -0.05) is 11.6 Å². The third-order valence-electron chi connectivity index (χ3n) is 2.56. The molecule has 0 atom stereocenters. The lowest BCUT2D eigenvalue weighted by Crippen LogP contribution is -2.32. The summed E-state index contributed by atoms with van der Waals surface area (Å²) in [6, 6.07) is 6.66. The molecule has 0 aliphatic carbocycles. The zero-order valence-electron chi connectivity index (χ0n) is 13.9. The number of esters is 1. The summed E-state index contributed by atoms with van der Waals surface area (Å²) in [5.74, 6) is -0.273. The van der Waals surface area contributed by atoms with Crippen LogP contribution in [0.15, 0.2) is 30.5 Å². The van der Waals surface area contributed by atoms with Crippen molar-refractivity contribution in [3.05, 3.63) is 35.5 Å². The van der Waals surface area contributed by atoms with E-state index in [0.717, 1.165) is 0 Å². The summed E-state index contributed by atoms with van der Waals surface area (Å²) in [7, 11) is -3.67. The van der Waals surface area contributed by atoms with E-state index in [1.807, 2.05) is 0 Å². The van der Waals surface area contributed by atoms with Crippen LogP contribution in [-0.4, -0.2) is 49.4 Å². The zero-order chi connectivity index (χ0) is 19.7. The fourth-order valence-corrected chi connectivity index (χ4v) is 1.90. The number of ether oxygens (including phenoxy) is 2. The first-order valence-electron chi connectivity index (χ1n) is 7.18. The van der Waals surface area contributed by atoms with E-state index in [1.165, 1.54) is 0 Å². The second-order valence-electron chi connectivity index (χ2n) is 4.73. The minimum Gasteiger partial charge on any atom is -0.465 e. The molecule has 0 unspecified atom stereocenters. The number of carbonyl (C=O) groups excluding carboxylic acids is 2. The number of halogens is 1. The van der Waals surface area contributed by atoms with E-state index in [9.17, 15) is 18.0 Å². The first-order chi connectivity index (χ1) is 12.1. The van der Waals surface area contributed by atoms with Gasteiger partial charge in [-0.25, -0.2) is 4.79 Å². The number of hydrogen-bond acceptors (Lipinski definition) is 7. The van der Waals surface area contributed by atoms with Gasteiger partial charge in [0, 0.05) is 11.6 Å². The number of pyridine rings is 1. The lowest BCUT2D eigenvalue weighted by molar-refractivity contribution is -0.141. The van der Waals surface area contributed by atoms with Gasteiger partial charge in [-0.15, -0.1) is 0 Å². The molecule has 0 spiro atoms. The highest BCUT2D eigenvalue weighted by Gasteiger charge is 2.12. The van der Waals surface area contributed by atoms with Crippen molar-refractivity contribution >= 4 is 44.7 Å². The van der Waals surface area contributed by atoms with E-state index >= 15 is 0 Å². The molecule has 26 heavy (non-hydrogen) atoms. The van der Waals surface area contributed by atoms with Gasteiger partial charge < -0.3 is 14.8 Å². The largest absolute Gasteiger partial charge is 0.465 e. The Morgan fingerprint density at radius 2 is 1.96 bits per heavy atom. The predicted octanol–water partition coefficient (Wildman–Crippen LogP) is 2.04. The number of amides is 1. The summed E-state index contributed by atoms with van der Waals surface area (Å²) in [5.41, 5.74) is 0.469. The molecule has 2 N–H and O–H groups in total. The molecule has 9 nitrogen and oxygen atoms in total. The SMILES string of the molecule is CCOC(=O)CNC(=O)Oc1ccc(Cl)c2cccnc12.CS(=O)(=O)O. The molecule has 0 saturated heterocycles. The number of fused-ring (bicyclic) bond motifs is 1. The van der Waals surface area contributed by atoms with Crippen molar-refractivity contribution in [2.75, 3.05) is 19.4 Å². The topological polar surface area (TPSA) is 132 Å². The number of nitrogens with one attached hydrogen (secondary N) is 1. The average molecular weight is 405 g/mol. The third kappa shape index (κ3) is 8.10. The predicted molar refractivity (Wildman–Crippen MR) is 94.9 cm³/mol. The van der Waals surface area contributed by atoms with Crippen molar-refractivity contribution in [1.29, 1.82) is 0 Å². The summed E-state index contributed by atoms with van der Waals surface area (Å²) < 4.78 is 35.7. The van der Waals surface area contributed by atoms with Crippen LogP contribution < -0.4 is 10.1 Å². The number of aromatic nitrogens is 1. The van der Waals surface area contributed by atoms with Gasteiger partial charge >= 0.3 is 12.1 Å². The molecule has 1 aromatic heterocycles. The second kappa shape index (κ2) is 9.90. The molecule has 0 bridgehead atoms. The minimum absolute atomic E-state index is 0.251. The van der Waals surface area contributed by atoms with Crippen LogP contribution in [0.4, 0.5) is 4.79 Å². The van der Waals surface area contributed by atoms with Crippen molar-refractivity contribution in [1.82, 2.24) is 10.3 Å². The first-order valence-corrected chi connectivity index (χ1v) is 9.41. The molecule has 0 aliphatic heterocycles. The van der Waals surface area contributed by atoms with E-state index in [1.54, 1.807) is 37.4 Å². The highest BCUT2D eigenvalue weighted by Crippen LogP contribution is 2.29. The number of hydrogen-bond donors (Lipinski definition) is 2. The standard InChI is InChI=1S/C14H13ClN2O4.CH4O3S/c1-2-20-12(18)8-17-14(19)21-11-6-5-10(15)9-4-3-7-16-13(9)11;1-5(2,3)4/h3-7H,2,8H2,1H3,(H,17,19);1H3,(H,2,3,4). The maximum Gasteiger partial charge on any atom is 0.413 e. The normalized spacial score (nSPS) is 10.5. The quantitative estimate of drug-likeness (QED) is 0.584. The van der Waals surface area contributed by atoms with Crippen LogP contribution in [0.1, 0.15) is 6.92 Å². The first kappa shape index (κ1) is 21.6. The molecular weight excluding hydrogens is 388 g/mol. The zero-order valence-corrected chi connectivity index (χ0v) is 15.5. The van der Waals surface area contributed by atoms with E-state index in [-0.39, 0.29) is 18.9 Å². The van der Waals surface area contributed by atoms with Gasteiger partial charge in [0.25, 0.3) is 10.1 Å². The van der Waals surface area contributed by atoms with Crippen LogP contribution in [-0.2, 0) is 19.6 Å². The van der Waals surface area contributed by atoms with Crippen molar-refractivity contribution in [3.63, 3.8) is 0 Å². The minimum atomic E-state index is -3.67. The molecule has 0 aliphatic rings. The molecule has 142 valence electrons. The van der Waals surface area contributed by atoms with Crippen molar-refractivity contribution in [2.45, 2.75) is 6.92 Å². The Balaban J connectivity index is 0.000000597. The number of carbonyl (C=O) groups is 2. The molecule has 0 fully saturated rings. The van der Waals surface area contributed by atoms with Crippen LogP contribution in [0.25, 0.3) is 10.9 Å². The second-order valence-corrected chi connectivity index (χ2v) is 6.60. The summed E-state index contributed by atoms with van der Waals surface area (Å²) in [4.78, 5) is 26.9. The highest BCUT2D eigenvalue weighted by atomic mass is 35.5. The van der Waals surface area contributed by atoms with Crippen LogP contribution in [0.2, 0.25) is 5.02 Å². The molecule has 1 amide bonds. The van der Waals surface area contributed by atoms with Gasteiger partial charge in [0.1, 0.15) is 12.1 Å². The van der Waals surface area contributed by atoms with Crippen LogP contribution in [0, 0.1) is 0 Å². The molecule has 1 aromatic carbocycles. The van der Waals surface area contributed by atoms with Gasteiger partial charge in [0.05, 0.1) is 17.9 Å². The summed E-state index contributed by atoms with van der Waals surface area (Å²) >= 11 is 6.05. The molecule has 11 heteroatoms. The van der Waals surface area contributed by atoms with Crippen LogP contribution in [0.5, 0.6) is 5.75 Å². The monoisotopic (exact) mass is 404 g/mol. The van der Waals surface area contributed by atoms with Gasteiger partial charge in [-0.05, 0) is 31.2 Å². The van der Waals surface area contributed by atoms with Crippen molar-refractivity contribution in [2.24, 2.45) is 0 Å². The smallest absolute Gasteiger partial charge is 0.413 e. The number of nitrogens with zero attached hydrogens (tertiary/aromatic N) is 1. The number of rotatable bonds is 4. The Morgan fingerprint density at radius 1 is 1.31 bits per heavy atom. The maximum atomic E-state index is 11.6. The van der Waals surface area contributed by atoms with Crippen LogP contribution >= 0.6 is 11.6 Å². The van der Waals surface area contributed by atoms with E-state index in [0.29, 0.717) is 22.2 Å². The Labute approximate surface area is 155 Å². The van der Waals surface area contributed by atoms with Gasteiger partial charge in [-0.3, -0.25) is 14.3 Å². The van der Waals surface area contributed by atoms with Gasteiger partial charge in [0.15, 0.2) is 5.75 Å².